The summed E-state index contributed by atoms with van der Waals surface area (Å²) in [5.41, 5.74) is 5.67. The molecule has 50 heavy (non-hydrogen) atoms. The fourth-order valence-corrected chi connectivity index (χ4v) is 7.84. The van der Waals surface area contributed by atoms with Gasteiger partial charge in [0.1, 0.15) is 29.7 Å². The fourth-order valence-electron chi connectivity index (χ4n) is 7.84. The van der Waals surface area contributed by atoms with E-state index in [1.54, 1.807) is 11.1 Å². The van der Waals surface area contributed by atoms with Crippen LogP contribution in [-0.4, -0.2) is 74.0 Å². The van der Waals surface area contributed by atoms with Gasteiger partial charge in [-0.25, -0.2) is 14.4 Å². The molecule has 258 valence electrons. The third-order valence-corrected chi connectivity index (χ3v) is 10.5. The van der Waals surface area contributed by atoms with Gasteiger partial charge in [0.05, 0.1) is 18.3 Å². The first kappa shape index (κ1) is 33.3. The summed E-state index contributed by atoms with van der Waals surface area (Å²) >= 11 is 0. The molecule has 0 aliphatic carbocycles. The van der Waals surface area contributed by atoms with Crippen LogP contribution >= 0.6 is 0 Å². The first-order valence-corrected chi connectivity index (χ1v) is 17.4. The minimum Gasteiger partial charge on any atom is -0.451 e. The molecule has 7 rings (SSSR count). The Morgan fingerprint density at radius 2 is 1.96 bits per heavy atom. The van der Waals surface area contributed by atoms with Crippen molar-refractivity contribution in [1.29, 1.82) is 5.26 Å². The summed E-state index contributed by atoms with van der Waals surface area (Å²) in [4.78, 5) is 31.9. The van der Waals surface area contributed by atoms with E-state index in [4.69, 9.17) is 4.74 Å². The van der Waals surface area contributed by atoms with E-state index in [2.05, 4.69) is 54.4 Å². The number of likely N-dealkylation sites (tertiary alicyclic amines) is 1. The molecule has 0 saturated carbocycles. The van der Waals surface area contributed by atoms with Crippen molar-refractivity contribution in [2.45, 2.75) is 59.7 Å². The van der Waals surface area contributed by atoms with Crippen molar-refractivity contribution >= 4 is 22.6 Å². The molecule has 5 heterocycles. The Morgan fingerprint density at radius 1 is 1.12 bits per heavy atom. The molecule has 2 fully saturated rings. The number of amides is 1. The number of aromatic amines is 1. The lowest BCUT2D eigenvalue weighted by atomic mass is 9.86. The zero-order valence-electron chi connectivity index (χ0n) is 29.1. The largest absolute Gasteiger partial charge is 0.451 e. The summed E-state index contributed by atoms with van der Waals surface area (Å²) in [6, 6.07) is 14.8. The molecule has 2 aromatic carbocycles. The van der Waals surface area contributed by atoms with E-state index in [1.165, 1.54) is 35.7 Å². The highest BCUT2D eigenvalue weighted by atomic mass is 19.1. The average molecular weight is 675 g/mol. The molecule has 1 spiro atoms. The van der Waals surface area contributed by atoms with Crippen molar-refractivity contribution in [3.05, 3.63) is 101 Å². The van der Waals surface area contributed by atoms with Crippen molar-refractivity contribution in [3.63, 3.8) is 0 Å². The third-order valence-electron chi connectivity index (χ3n) is 10.5. The Kier molecular flexibility index (Phi) is 9.05. The number of nitrogens with zero attached hydrogens (tertiary/aromatic N) is 7. The Hall–Kier alpha value is -5.21. The van der Waals surface area contributed by atoms with Gasteiger partial charge in [0, 0.05) is 67.5 Å². The van der Waals surface area contributed by atoms with E-state index in [9.17, 15) is 14.4 Å². The van der Waals surface area contributed by atoms with Crippen LogP contribution in [-0.2, 0) is 13.1 Å². The standard InChI is InChI=1S/C39H43FN8O2/c1-5-47(26(2)3)38(49)33-16-30(40)7-9-35(33)50-36-20-43-25-44-37(36)46-15-12-39(24-46)11-14-45(23-39)22-29-6-8-34-32(27(29)4)17-31(18-41)48(34)21-28-10-13-42-19-28/h6-10,13,16-17,19-20,25-26,42H,5,11-12,14-15,21-24H2,1-4H3. The Morgan fingerprint density at radius 3 is 2.72 bits per heavy atom. The predicted octanol–water partition coefficient (Wildman–Crippen LogP) is 6.89. The first-order chi connectivity index (χ1) is 24.2. The van der Waals surface area contributed by atoms with Gasteiger partial charge in [0.25, 0.3) is 5.91 Å². The van der Waals surface area contributed by atoms with E-state index in [1.807, 2.05) is 45.3 Å². The van der Waals surface area contributed by atoms with E-state index >= 15 is 0 Å². The van der Waals surface area contributed by atoms with E-state index in [0.717, 1.165) is 62.0 Å². The number of ether oxygens (including phenoxy) is 1. The number of carbonyl (C=O) groups is 1. The minimum atomic E-state index is -0.495. The summed E-state index contributed by atoms with van der Waals surface area (Å²) in [5.74, 6) is 0.618. The second-order valence-electron chi connectivity index (χ2n) is 14.0. The summed E-state index contributed by atoms with van der Waals surface area (Å²) < 4.78 is 22.8. The molecule has 2 aliphatic rings. The second kappa shape index (κ2) is 13.6. The number of benzene rings is 2. The van der Waals surface area contributed by atoms with E-state index in [0.29, 0.717) is 30.4 Å². The Bertz CT molecular complexity index is 2070. The predicted molar refractivity (Wildman–Crippen MR) is 191 cm³/mol. The number of anilines is 1. The molecule has 5 aromatic rings. The number of halogens is 1. The number of hydrogen-bond acceptors (Lipinski definition) is 7. The number of nitriles is 1. The molecular formula is C39H43FN8O2. The van der Waals surface area contributed by atoms with Crippen molar-refractivity contribution in [1.82, 2.24) is 29.3 Å². The summed E-state index contributed by atoms with van der Waals surface area (Å²) in [6.45, 7) is 13.6. The van der Waals surface area contributed by atoms with Gasteiger partial charge < -0.3 is 24.1 Å². The van der Waals surface area contributed by atoms with Gasteiger partial charge in [-0.15, -0.1) is 0 Å². The number of hydrogen-bond donors (Lipinski definition) is 1. The molecule has 11 heteroatoms. The van der Waals surface area contributed by atoms with Crippen LogP contribution in [0.25, 0.3) is 10.9 Å². The van der Waals surface area contributed by atoms with Crippen molar-refractivity contribution in [3.8, 4) is 17.6 Å². The van der Waals surface area contributed by atoms with Crippen LogP contribution in [0.4, 0.5) is 10.2 Å². The lowest BCUT2D eigenvalue weighted by molar-refractivity contribution is 0.0713. The lowest BCUT2D eigenvalue weighted by Crippen LogP contribution is -2.36. The summed E-state index contributed by atoms with van der Waals surface area (Å²) in [7, 11) is 0. The normalized spacial score (nSPS) is 17.7. The molecular weight excluding hydrogens is 631 g/mol. The maximum absolute atomic E-state index is 14.4. The van der Waals surface area contributed by atoms with Crippen LogP contribution in [0.5, 0.6) is 11.5 Å². The molecule has 1 atom stereocenters. The number of fused-ring (bicyclic) bond motifs is 1. The van der Waals surface area contributed by atoms with Crippen LogP contribution < -0.4 is 9.64 Å². The number of nitrogens with one attached hydrogen (secondary N) is 1. The zero-order chi connectivity index (χ0) is 35.0. The number of rotatable bonds is 10. The number of carbonyl (C=O) groups excluding carboxylic acids is 1. The zero-order valence-corrected chi connectivity index (χ0v) is 29.1. The molecule has 2 saturated heterocycles. The van der Waals surface area contributed by atoms with Gasteiger partial charge in [-0.05, 0) is 100 Å². The van der Waals surface area contributed by atoms with Crippen LogP contribution in [0.1, 0.15) is 66.4 Å². The average Bonchev–Trinajstić information content (AvgIpc) is 3.92. The fraction of sp³-hybridized carbons (Fsp3) is 0.385. The van der Waals surface area contributed by atoms with Crippen LogP contribution in [0.15, 0.2) is 67.4 Å². The quantitative estimate of drug-likeness (QED) is 0.172. The van der Waals surface area contributed by atoms with E-state index < -0.39 is 5.82 Å². The van der Waals surface area contributed by atoms with Gasteiger partial charge >= 0.3 is 0 Å². The third kappa shape index (κ3) is 6.31. The van der Waals surface area contributed by atoms with Crippen molar-refractivity contribution in [2.75, 3.05) is 37.6 Å². The maximum atomic E-state index is 14.4. The number of H-pyrrole nitrogens is 1. The topological polar surface area (TPSA) is 106 Å². The molecule has 1 N–H and O–H groups in total. The Labute approximate surface area is 292 Å². The summed E-state index contributed by atoms with van der Waals surface area (Å²) in [5, 5.41) is 11.0. The maximum Gasteiger partial charge on any atom is 0.257 e. The number of aromatic nitrogens is 4. The first-order valence-electron chi connectivity index (χ1n) is 17.4. The molecule has 1 amide bonds. The van der Waals surface area contributed by atoms with Crippen LogP contribution in [0.3, 0.4) is 0 Å². The monoisotopic (exact) mass is 674 g/mol. The Balaban J connectivity index is 1.06. The molecule has 10 nitrogen and oxygen atoms in total. The molecule has 0 bridgehead atoms. The number of aryl methyl sites for hydroxylation is 1. The highest BCUT2D eigenvalue weighted by Crippen LogP contribution is 2.44. The lowest BCUT2D eigenvalue weighted by Gasteiger charge is -2.27. The second-order valence-corrected chi connectivity index (χ2v) is 14.0. The minimum absolute atomic E-state index is 0.0450. The molecule has 2 aliphatic heterocycles. The van der Waals surface area contributed by atoms with Crippen LogP contribution in [0, 0.1) is 29.5 Å². The van der Waals surface area contributed by atoms with Gasteiger partial charge in [-0.2, -0.15) is 5.26 Å². The van der Waals surface area contributed by atoms with Gasteiger partial charge in [0.15, 0.2) is 11.6 Å². The van der Waals surface area contributed by atoms with Crippen molar-refractivity contribution < 1.29 is 13.9 Å². The highest BCUT2D eigenvalue weighted by Gasteiger charge is 2.44. The van der Waals surface area contributed by atoms with Gasteiger partial charge in [0.2, 0.25) is 0 Å². The van der Waals surface area contributed by atoms with Gasteiger partial charge in [-0.1, -0.05) is 6.07 Å². The molecule has 3 aromatic heterocycles. The highest BCUT2D eigenvalue weighted by molar-refractivity contribution is 5.97. The smallest absolute Gasteiger partial charge is 0.257 e. The molecule has 1 unspecified atom stereocenters. The molecule has 0 radical (unpaired) electrons. The van der Waals surface area contributed by atoms with Crippen molar-refractivity contribution in [2.24, 2.45) is 5.41 Å². The van der Waals surface area contributed by atoms with E-state index in [-0.39, 0.29) is 28.7 Å². The SMILES string of the molecule is CCN(C(=O)c1cc(F)ccc1Oc1cncnc1N1CCC2(CCN(Cc3ccc4c(cc(C#N)n4Cc4cc[nH]c4)c3C)C2)C1)C(C)C. The summed E-state index contributed by atoms with van der Waals surface area (Å²) in [6.07, 6.45) is 9.12. The van der Waals surface area contributed by atoms with Gasteiger partial charge in [-0.3, -0.25) is 9.69 Å². The van der Waals surface area contributed by atoms with Crippen LogP contribution in [0.2, 0.25) is 0 Å².